The summed E-state index contributed by atoms with van der Waals surface area (Å²) < 4.78 is 35.1. The van der Waals surface area contributed by atoms with Gasteiger partial charge in [0.25, 0.3) is 0 Å². The second-order valence-electron chi connectivity index (χ2n) is 6.92. The van der Waals surface area contributed by atoms with Gasteiger partial charge in [0.1, 0.15) is 5.82 Å². The monoisotopic (exact) mass is 451 g/mol. The van der Waals surface area contributed by atoms with Crippen LogP contribution in [0.15, 0.2) is 78.0 Å². The van der Waals surface area contributed by atoms with Crippen molar-refractivity contribution in [3.05, 3.63) is 95.6 Å². The third kappa shape index (κ3) is 4.70. The molecule has 4 aromatic rings. The lowest BCUT2D eigenvalue weighted by molar-refractivity contribution is 0.102. The number of carbonyl (C=O) groups excluding carboxylic acids is 1. The summed E-state index contributed by atoms with van der Waals surface area (Å²) in [4.78, 5) is 12.6. The van der Waals surface area contributed by atoms with E-state index in [2.05, 4.69) is 10.2 Å². The van der Waals surface area contributed by atoms with E-state index in [9.17, 15) is 13.6 Å². The van der Waals surface area contributed by atoms with Crippen LogP contribution in [0.1, 0.15) is 15.9 Å². The Morgan fingerprint density at radius 1 is 0.969 bits per heavy atom. The molecule has 3 aromatic carbocycles. The number of nitrogens with zero attached hydrogens (tertiary/aromatic N) is 3. The van der Waals surface area contributed by atoms with Crippen molar-refractivity contribution < 1.29 is 18.3 Å². The van der Waals surface area contributed by atoms with Crippen LogP contribution in [0.4, 0.5) is 8.78 Å². The van der Waals surface area contributed by atoms with Gasteiger partial charge in [-0.2, -0.15) is 0 Å². The minimum Gasteiger partial charge on any atom is -0.494 e. The standard InChI is InChI=1S/C24H19F2N3O2S/c1-31-22-12-11-17(13-20(22)26)21(30)15-32-24-28-27-23(18-9-5-6-10-19(18)25)29(24)14-16-7-3-2-4-8-16/h2-13H,14-15H2,1H3. The van der Waals surface area contributed by atoms with E-state index in [0.29, 0.717) is 23.1 Å². The maximum atomic E-state index is 14.5. The summed E-state index contributed by atoms with van der Waals surface area (Å²) in [6.07, 6.45) is 0. The Morgan fingerprint density at radius 2 is 1.72 bits per heavy atom. The van der Waals surface area contributed by atoms with Crippen molar-refractivity contribution >= 4 is 17.5 Å². The van der Waals surface area contributed by atoms with Crippen LogP contribution in [0.2, 0.25) is 0 Å². The predicted octanol–water partition coefficient (Wildman–Crippen LogP) is 5.26. The van der Waals surface area contributed by atoms with Crippen LogP contribution in [0.25, 0.3) is 11.4 Å². The number of Topliss-reactive ketones (excluding diaryl/α,β-unsaturated/α-hetero) is 1. The average Bonchev–Trinajstić information content (AvgIpc) is 3.20. The third-order valence-corrected chi connectivity index (χ3v) is 5.79. The zero-order valence-corrected chi connectivity index (χ0v) is 18.0. The smallest absolute Gasteiger partial charge is 0.192 e. The number of benzene rings is 3. The second-order valence-corrected chi connectivity index (χ2v) is 7.86. The quantitative estimate of drug-likeness (QED) is 0.270. The summed E-state index contributed by atoms with van der Waals surface area (Å²) in [5.41, 5.74) is 1.54. The molecule has 0 spiro atoms. The zero-order valence-electron chi connectivity index (χ0n) is 17.2. The van der Waals surface area contributed by atoms with Crippen LogP contribution >= 0.6 is 11.8 Å². The highest BCUT2D eigenvalue weighted by Crippen LogP contribution is 2.28. The molecule has 1 heterocycles. The van der Waals surface area contributed by atoms with Gasteiger partial charge in [0.05, 0.1) is 25.0 Å². The Morgan fingerprint density at radius 3 is 2.44 bits per heavy atom. The fraction of sp³-hybridized carbons (Fsp3) is 0.125. The van der Waals surface area contributed by atoms with Crippen molar-refractivity contribution in [2.45, 2.75) is 11.7 Å². The molecular weight excluding hydrogens is 432 g/mol. The number of methoxy groups -OCH3 is 1. The summed E-state index contributed by atoms with van der Waals surface area (Å²) in [5, 5.41) is 8.87. The molecule has 0 radical (unpaired) electrons. The van der Waals surface area contributed by atoms with E-state index in [1.165, 1.54) is 37.1 Å². The Labute approximate surface area is 188 Å². The minimum absolute atomic E-state index is 0.0238. The topological polar surface area (TPSA) is 57.0 Å². The highest BCUT2D eigenvalue weighted by molar-refractivity contribution is 7.99. The number of carbonyl (C=O) groups is 1. The first-order valence-corrected chi connectivity index (χ1v) is 10.8. The summed E-state index contributed by atoms with van der Waals surface area (Å²) in [5.74, 6) is -0.800. The van der Waals surface area contributed by atoms with Crippen LogP contribution in [0.5, 0.6) is 5.75 Å². The molecule has 4 rings (SSSR count). The molecule has 5 nitrogen and oxygen atoms in total. The summed E-state index contributed by atoms with van der Waals surface area (Å²) in [6.45, 7) is 0.408. The Hall–Kier alpha value is -3.52. The molecule has 0 N–H and O–H groups in total. The Bertz CT molecular complexity index is 1250. The third-order valence-electron chi connectivity index (χ3n) is 4.82. The van der Waals surface area contributed by atoms with Gasteiger partial charge in [-0.1, -0.05) is 54.2 Å². The van der Waals surface area contributed by atoms with E-state index in [1.54, 1.807) is 22.8 Å². The second kappa shape index (κ2) is 9.74. The number of rotatable bonds is 8. The summed E-state index contributed by atoms with van der Waals surface area (Å²) >= 11 is 1.17. The van der Waals surface area contributed by atoms with Crippen molar-refractivity contribution in [3.63, 3.8) is 0 Å². The first-order valence-electron chi connectivity index (χ1n) is 9.78. The molecule has 0 bridgehead atoms. The van der Waals surface area contributed by atoms with Crippen molar-refractivity contribution in [1.29, 1.82) is 0 Å². The van der Waals surface area contributed by atoms with Gasteiger partial charge >= 0.3 is 0 Å². The normalized spacial score (nSPS) is 10.8. The van der Waals surface area contributed by atoms with Gasteiger partial charge in [0, 0.05) is 5.56 Å². The van der Waals surface area contributed by atoms with Crippen molar-refractivity contribution in [2.75, 3.05) is 12.9 Å². The highest BCUT2D eigenvalue weighted by atomic mass is 32.2. The van der Waals surface area contributed by atoms with Crippen molar-refractivity contribution in [1.82, 2.24) is 14.8 Å². The van der Waals surface area contributed by atoms with Crippen LogP contribution < -0.4 is 4.74 Å². The molecule has 1 aromatic heterocycles. The fourth-order valence-electron chi connectivity index (χ4n) is 3.20. The molecule has 32 heavy (non-hydrogen) atoms. The molecule has 8 heteroatoms. The number of halogens is 2. The molecule has 0 aliphatic heterocycles. The number of thioether (sulfide) groups is 1. The molecular formula is C24H19F2N3O2S. The van der Waals surface area contributed by atoms with Crippen LogP contribution in [-0.2, 0) is 6.54 Å². The Balaban J connectivity index is 1.61. The zero-order chi connectivity index (χ0) is 22.5. The van der Waals surface area contributed by atoms with Crippen LogP contribution in [0, 0.1) is 11.6 Å². The van der Waals surface area contributed by atoms with Gasteiger partial charge in [-0.05, 0) is 35.9 Å². The number of ketones is 1. The highest BCUT2D eigenvalue weighted by Gasteiger charge is 2.19. The van der Waals surface area contributed by atoms with E-state index in [1.807, 2.05) is 30.3 Å². The molecule has 0 saturated carbocycles. The lowest BCUT2D eigenvalue weighted by atomic mass is 10.1. The molecule has 0 unspecified atom stereocenters. The van der Waals surface area contributed by atoms with Crippen LogP contribution in [-0.4, -0.2) is 33.4 Å². The molecule has 0 amide bonds. The summed E-state index contributed by atoms with van der Waals surface area (Å²) in [7, 11) is 1.36. The number of hydrogen-bond donors (Lipinski definition) is 0. The largest absolute Gasteiger partial charge is 0.494 e. The van der Waals surface area contributed by atoms with Gasteiger partial charge in [-0.15, -0.1) is 10.2 Å². The van der Waals surface area contributed by atoms with E-state index in [0.717, 1.165) is 11.6 Å². The summed E-state index contributed by atoms with van der Waals surface area (Å²) in [6, 6.07) is 20.1. The lowest BCUT2D eigenvalue weighted by Crippen LogP contribution is -2.08. The Kier molecular flexibility index (Phi) is 6.61. The molecule has 0 fully saturated rings. The van der Waals surface area contributed by atoms with Gasteiger partial charge in [0.15, 0.2) is 28.3 Å². The van der Waals surface area contributed by atoms with E-state index >= 15 is 0 Å². The van der Waals surface area contributed by atoms with Crippen LogP contribution in [0.3, 0.4) is 0 Å². The van der Waals surface area contributed by atoms with Gasteiger partial charge < -0.3 is 4.74 Å². The fourth-order valence-corrected chi connectivity index (χ4v) is 4.03. The average molecular weight is 451 g/mol. The number of ether oxygens (including phenoxy) is 1. The lowest BCUT2D eigenvalue weighted by Gasteiger charge is -2.11. The van der Waals surface area contributed by atoms with E-state index < -0.39 is 11.6 Å². The molecule has 162 valence electrons. The molecule has 0 atom stereocenters. The molecule has 0 saturated heterocycles. The molecule has 0 aliphatic rings. The SMILES string of the molecule is COc1ccc(C(=O)CSc2nnc(-c3ccccc3F)n2Cc2ccccc2)cc1F. The van der Waals surface area contributed by atoms with Crippen molar-refractivity contribution in [3.8, 4) is 17.1 Å². The molecule has 0 aliphatic carbocycles. The van der Waals surface area contributed by atoms with Crippen molar-refractivity contribution in [2.24, 2.45) is 0 Å². The number of hydrogen-bond acceptors (Lipinski definition) is 5. The predicted molar refractivity (Wildman–Crippen MR) is 119 cm³/mol. The maximum Gasteiger partial charge on any atom is 0.192 e. The van der Waals surface area contributed by atoms with E-state index in [-0.39, 0.29) is 22.8 Å². The van der Waals surface area contributed by atoms with Gasteiger partial charge in [0.2, 0.25) is 0 Å². The minimum atomic E-state index is -0.600. The van der Waals surface area contributed by atoms with Gasteiger partial charge in [-0.25, -0.2) is 8.78 Å². The first-order chi connectivity index (χ1) is 15.6. The van der Waals surface area contributed by atoms with E-state index in [4.69, 9.17) is 4.74 Å². The first kappa shape index (κ1) is 21.7. The maximum absolute atomic E-state index is 14.5. The van der Waals surface area contributed by atoms with Gasteiger partial charge in [-0.3, -0.25) is 9.36 Å². The number of aromatic nitrogens is 3.